The van der Waals surface area contributed by atoms with Crippen LogP contribution in [0.15, 0.2) is 42.5 Å². The quantitative estimate of drug-likeness (QED) is 0.790. The highest BCUT2D eigenvalue weighted by Crippen LogP contribution is 2.32. The van der Waals surface area contributed by atoms with Gasteiger partial charge in [0.2, 0.25) is 5.91 Å². The summed E-state index contributed by atoms with van der Waals surface area (Å²) in [6.45, 7) is 3.11. The van der Waals surface area contributed by atoms with Gasteiger partial charge in [-0.15, -0.1) is 0 Å². The first kappa shape index (κ1) is 16.8. The van der Waals surface area contributed by atoms with Crippen molar-refractivity contribution in [1.82, 2.24) is 0 Å². The molecule has 0 radical (unpaired) electrons. The first-order valence-corrected chi connectivity index (χ1v) is 8.16. The molecule has 1 aliphatic rings. The molecule has 0 bridgehead atoms. The molecule has 2 aromatic carbocycles. The van der Waals surface area contributed by atoms with Crippen LogP contribution in [0, 0.1) is 0 Å². The van der Waals surface area contributed by atoms with E-state index in [-0.39, 0.29) is 11.7 Å². The fourth-order valence-corrected chi connectivity index (χ4v) is 2.49. The van der Waals surface area contributed by atoms with Crippen LogP contribution in [0.5, 0.6) is 11.5 Å². The molecule has 1 amide bonds. The predicted molar refractivity (Wildman–Crippen MR) is 95.6 cm³/mol. The summed E-state index contributed by atoms with van der Waals surface area (Å²) in [5.74, 6) is 1.36. The normalized spacial score (nSPS) is 12.4. The minimum absolute atomic E-state index is 0.00139. The Labute approximate surface area is 146 Å². The van der Waals surface area contributed by atoms with Gasteiger partial charge in [0.1, 0.15) is 13.2 Å². The molecule has 0 saturated heterocycles. The number of anilines is 2. The maximum absolute atomic E-state index is 12.0. The molecule has 6 nitrogen and oxygen atoms in total. The molecule has 2 aromatic rings. The highest BCUT2D eigenvalue weighted by atomic mass is 16.6. The van der Waals surface area contributed by atoms with Gasteiger partial charge in [-0.3, -0.25) is 9.59 Å². The topological polar surface area (TPSA) is 76.7 Å². The molecule has 2 N–H and O–H groups in total. The second-order valence-electron chi connectivity index (χ2n) is 5.72. The SMILES string of the molecule is CC(=O)c1ccc(NC(=O)CCNc2ccc3c(c2)OCCO3)cc1. The van der Waals surface area contributed by atoms with Crippen LogP contribution in [0.4, 0.5) is 11.4 Å². The van der Waals surface area contributed by atoms with Crippen LogP contribution in [0.2, 0.25) is 0 Å². The fraction of sp³-hybridized carbons (Fsp3) is 0.263. The van der Waals surface area contributed by atoms with E-state index in [9.17, 15) is 9.59 Å². The van der Waals surface area contributed by atoms with Crippen molar-refractivity contribution in [3.8, 4) is 11.5 Å². The monoisotopic (exact) mass is 340 g/mol. The third-order valence-corrected chi connectivity index (χ3v) is 3.80. The lowest BCUT2D eigenvalue weighted by Crippen LogP contribution is -2.17. The van der Waals surface area contributed by atoms with E-state index >= 15 is 0 Å². The number of hydrogen-bond donors (Lipinski definition) is 2. The molecule has 0 spiro atoms. The maximum Gasteiger partial charge on any atom is 0.226 e. The largest absolute Gasteiger partial charge is 0.486 e. The Morgan fingerprint density at radius 1 is 0.960 bits per heavy atom. The number of fused-ring (bicyclic) bond motifs is 1. The summed E-state index contributed by atoms with van der Waals surface area (Å²) >= 11 is 0. The lowest BCUT2D eigenvalue weighted by atomic mass is 10.1. The zero-order valence-electron chi connectivity index (χ0n) is 14.0. The van der Waals surface area contributed by atoms with Crippen LogP contribution >= 0.6 is 0 Å². The van der Waals surface area contributed by atoms with Gasteiger partial charge in [0.15, 0.2) is 17.3 Å². The molecule has 130 valence electrons. The predicted octanol–water partition coefficient (Wildman–Crippen LogP) is 3.10. The van der Waals surface area contributed by atoms with Crippen molar-refractivity contribution < 1.29 is 19.1 Å². The summed E-state index contributed by atoms with van der Waals surface area (Å²) in [6, 6.07) is 12.5. The van der Waals surface area contributed by atoms with Crippen LogP contribution < -0.4 is 20.1 Å². The number of nitrogens with one attached hydrogen (secondary N) is 2. The van der Waals surface area contributed by atoms with Crippen molar-refractivity contribution >= 4 is 23.1 Å². The average Bonchev–Trinajstić information content (AvgIpc) is 2.62. The first-order valence-electron chi connectivity index (χ1n) is 8.16. The highest BCUT2D eigenvalue weighted by Gasteiger charge is 2.11. The van der Waals surface area contributed by atoms with E-state index in [0.29, 0.717) is 43.2 Å². The fourth-order valence-electron chi connectivity index (χ4n) is 2.49. The lowest BCUT2D eigenvalue weighted by molar-refractivity contribution is -0.115. The lowest BCUT2D eigenvalue weighted by Gasteiger charge is -2.19. The Morgan fingerprint density at radius 3 is 2.36 bits per heavy atom. The van der Waals surface area contributed by atoms with Crippen molar-refractivity contribution in [2.24, 2.45) is 0 Å². The van der Waals surface area contributed by atoms with Gasteiger partial charge in [-0.2, -0.15) is 0 Å². The second kappa shape index (κ2) is 7.70. The smallest absolute Gasteiger partial charge is 0.226 e. The van der Waals surface area contributed by atoms with Crippen molar-refractivity contribution in [3.05, 3.63) is 48.0 Å². The Hall–Kier alpha value is -3.02. The summed E-state index contributed by atoms with van der Waals surface area (Å²) in [6.07, 6.45) is 0.322. The number of carbonyl (C=O) groups excluding carboxylic acids is 2. The van der Waals surface area contributed by atoms with E-state index in [0.717, 1.165) is 11.4 Å². The van der Waals surface area contributed by atoms with Gasteiger partial charge >= 0.3 is 0 Å². The maximum atomic E-state index is 12.0. The van der Waals surface area contributed by atoms with Crippen LogP contribution in [0.25, 0.3) is 0 Å². The van der Waals surface area contributed by atoms with Crippen LogP contribution in [-0.2, 0) is 4.79 Å². The van der Waals surface area contributed by atoms with Gasteiger partial charge < -0.3 is 20.1 Å². The van der Waals surface area contributed by atoms with Crippen molar-refractivity contribution in [3.63, 3.8) is 0 Å². The van der Waals surface area contributed by atoms with Gasteiger partial charge in [-0.05, 0) is 43.3 Å². The summed E-state index contributed by atoms with van der Waals surface area (Å²) in [5.41, 5.74) is 2.18. The zero-order valence-corrected chi connectivity index (χ0v) is 14.0. The molecule has 6 heteroatoms. The zero-order chi connectivity index (χ0) is 17.6. The van der Waals surface area contributed by atoms with E-state index in [1.807, 2.05) is 18.2 Å². The number of carbonyl (C=O) groups is 2. The molecule has 0 atom stereocenters. The van der Waals surface area contributed by atoms with E-state index < -0.39 is 0 Å². The van der Waals surface area contributed by atoms with Crippen LogP contribution in [0.1, 0.15) is 23.7 Å². The van der Waals surface area contributed by atoms with Gasteiger partial charge in [0.05, 0.1) is 0 Å². The molecular weight excluding hydrogens is 320 g/mol. The summed E-state index contributed by atoms with van der Waals surface area (Å²) in [4.78, 5) is 23.2. The number of amides is 1. The van der Waals surface area contributed by atoms with Gasteiger partial charge in [-0.1, -0.05) is 0 Å². The Bertz CT molecular complexity index is 771. The van der Waals surface area contributed by atoms with E-state index in [4.69, 9.17) is 9.47 Å². The van der Waals surface area contributed by atoms with Crippen molar-refractivity contribution in [2.45, 2.75) is 13.3 Å². The van der Waals surface area contributed by atoms with Gasteiger partial charge in [0, 0.05) is 36.0 Å². The number of ketones is 1. The van der Waals surface area contributed by atoms with E-state index in [1.54, 1.807) is 24.3 Å². The van der Waals surface area contributed by atoms with Crippen molar-refractivity contribution in [1.29, 1.82) is 0 Å². The molecule has 0 saturated carbocycles. The summed E-state index contributed by atoms with van der Waals surface area (Å²) in [5, 5.41) is 6.00. The number of Topliss-reactive ketones (excluding diaryl/α,β-unsaturated/α-hetero) is 1. The first-order chi connectivity index (χ1) is 12.1. The number of ether oxygens (including phenoxy) is 2. The third-order valence-electron chi connectivity index (χ3n) is 3.80. The highest BCUT2D eigenvalue weighted by molar-refractivity contribution is 5.95. The molecular formula is C19H20N2O4. The second-order valence-corrected chi connectivity index (χ2v) is 5.72. The molecule has 0 unspecified atom stereocenters. The Kier molecular flexibility index (Phi) is 5.18. The number of benzene rings is 2. The summed E-state index contributed by atoms with van der Waals surface area (Å²) < 4.78 is 11.0. The number of hydrogen-bond acceptors (Lipinski definition) is 5. The minimum atomic E-state index is -0.0966. The molecule has 3 rings (SSSR count). The number of rotatable bonds is 6. The molecule has 1 aliphatic heterocycles. The minimum Gasteiger partial charge on any atom is -0.486 e. The molecule has 1 heterocycles. The molecule has 0 aromatic heterocycles. The van der Waals surface area contributed by atoms with Gasteiger partial charge in [-0.25, -0.2) is 0 Å². The van der Waals surface area contributed by atoms with E-state index in [2.05, 4.69) is 10.6 Å². The van der Waals surface area contributed by atoms with Crippen LogP contribution in [0.3, 0.4) is 0 Å². The standard InChI is InChI=1S/C19H20N2O4/c1-13(22)14-2-4-15(5-3-14)21-19(23)8-9-20-16-6-7-17-18(12-16)25-11-10-24-17/h2-7,12,20H,8-11H2,1H3,(H,21,23). The molecule has 0 aliphatic carbocycles. The van der Waals surface area contributed by atoms with Crippen LogP contribution in [-0.4, -0.2) is 31.4 Å². The Morgan fingerprint density at radius 2 is 1.64 bits per heavy atom. The van der Waals surface area contributed by atoms with Crippen molar-refractivity contribution in [2.75, 3.05) is 30.4 Å². The molecule has 25 heavy (non-hydrogen) atoms. The molecule has 0 fully saturated rings. The summed E-state index contributed by atoms with van der Waals surface area (Å²) in [7, 11) is 0. The Balaban J connectivity index is 1.47. The van der Waals surface area contributed by atoms with Gasteiger partial charge in [0.25, 0.3) is 0 Å². The third kappa shape index (κ3) is 4.50. The average molecular weight is 340 g/mol. The van der Waals surface area contributed by atoms with E-state index in [1.165, 1.54) is 6.92 Å².